The average Bonchev–Trinajstić information content (AvgIpc) is 2.96. The van der Waals surface area contributed by atoms with Crippen molar-refractivity contribution in [2.24, 2.45) is 0 Å². The molecule has 2 atom stereocenters. The van der Waals surface area contributed by atoms with Crippen molar-refractivity contribution >= 4 is 29.3 Å². The highest BCUT2D eigenvalue weighted by Gasteiger charge is 2.61. The molecule has 7 heteroatoms. The van der Waals surface area contributed by atoms with Gasteiger partial charge in [0.2, 0.25) is 5.60 Å². The molecule has 0 aromatic heterocycles. The molecule has 22 heavy (non-hydrogen) atoms. The van der Waals surface area contributed by atoms with Crippen molar-refractivity contribution in [1.29, 1.82) is 5.26 Å². The highest BCUT2D eigenvalue weighted by molar-refractivity contribution is 6.33. The molecule has 1 saturated heterocycles. The predicted molar refractivity (Wildman–Crippen MR) is 77.5 cm³/mol. The zero-order valence-electron chi connectivity index (χ0n) is 11.8. The summed E-state index contributed by atoms with van der Waals surface area (Å²) in [4.78, 5) is 25.8. The number of carbonyl (C=O) groups is 2. The number of hydrogen-bond acceptors (Lipinski definition) is 5. The molecular weight excluding hydrogens is 308 g/mol. The van der Waals surface area contributed by atoms with E-state index in [0.717, 1.165) is 4.90 Å². The van der Waals surface area contributed by atoms with E-state index in [2.05, 4.69) is 0 Å². The molecule has 1 aliphatic carbocycles. The van der Waals surface area contributed by atoms with Gasteiger partial charge >= 0.3 is 6.09 Å². The van der Waals surface area contributed by atoms with Crippen molar-refractivity contribution in [3.8, 4) is 6.07 Å². The number of carbonyl (C=O) groups excluding carboxylic acids is 2. The summed E-state index contributed by atoms with van der Waals surface area (Å²) in [5.41, 5.74) is -0.506. The quantitative estimate of drug-likeness (QED) is 0.857. The van der Waals surface area contributed by atoms with Gasteiger partial charge in [0.05, 0.1) is 16.3 Å². The van der Waals surface area contributed by atoms with E-state index < -0.39 is 23.7 Å². The van der Waals surface area contributed by atoms with E-state index >= 15 is 0 Å². The SMILES string of the molecule is Cc1c(N2C(=O)O[C@@]3(CCC[C@@H]3O)C2=O)ccc(C#N)c1Cl. The summed E-state index contributed by atoms with van der Waals surface area (Å²) in [5, 5.41) is 19.2. The first-order valence-corrected chi connectivity index (χ1v) is 7.25. The minimum atomic E-state index is -1.48. The van der Waals surface area contributed by atoms with Crippen LogP contribution in [0.3, 0.4) is 0 Å². The number of nitriles is 1. The van der Waals surface area contributed by atoms with Crippen molar-refractivity contribution < 1.29 is 19.4 Å². The number of aliphatic hydroxyl groups is 1. The molecule has 2 amide bonds. The molecule has 6 nitrogen and oxygen atoms in total. The Balaban J connectivity index is 2.07. The van der Waals surface area contributed by atoms with Gasteiger partial charge in [-0.1, -0.05) is 11.6 Å². The van der Waals surface area contributed by atoms with Gasteiger partial charge in [-0.25, -0.2) is 9.69 Å². The molecule has 1 spiro atoms. The molecule has 0 bridgehead atoms. The van der Waals surface area contributed by atoms with E-state index in [1.54, 1.807) is 6.92 Å². The summed E-state index contributed by atoms with van der Waals surface area (Å²) in [5.74, 6) is -0.577. The third-order valence-corrected chi connectivity index (χ3v) is 4.79. The van der Waals surface area contributed by atoms with Crippen LogP contribution in [0.15, 0.2) is 12.1 Å². The number of amides is 2. The van der Waals surface area contributed by atoms with Crippen LogP contribution in [0.25, 0.3) is 0 Å². The van der Waals surface area contributed by atoms with Gasteiger partial charge in [-0.3, -0.25) is 4.79 Å². The molecule has 3 rings (SSSR count). The van der Waals surface area contributed by atoms with E-state index in [0.29, 0.717) is 24.8 Å². The molecule has 114 valence electrons. The summed E-state index contributed by atoms with van der Waals surface area (Å²) >= 11 is 6.09. The number of anilines is 1. The minimum Gasteiger partial charge on any atom is -0.429 e. The Morgan fingerprint density at radius 3 is 2.82 bits per heavy atom. The van der Waals surface area contributed by atoms with Crippen molar-refractivity contribution in [1.82, 2.24) is 0 Å². The Morgan fingerprint density at radius 1 is 1.50 bits per heavy atom. The summed E-state index contributed by atoms with van der Waals surface area (Å²) in [6, 6.07) is 4.87. The first kappa shape index (κ1) is 14.8. The van der Waals surface area contributed by atoms with Gasteiger partial charge in [0.25, 0.3) is 5.91 Å². The second kappa shape index (κ2) is 4.97. The molecule has 1 aromatic rings. The van der Waals surface area contributed by atoms with Crippen LogP contribution >= 0.6 is 11.6 Å². The molecule has 1 aromatic carbocycles. The lowest BCUT2D eigenvalue weighted by molar-refractivity contribution is -0.137. The van der Waals surface area contributed by atoms with Crippen LogP contribution in [0.2, 0.25) is 5.02 Å². The van der Waals surface area contributed by atoms with Gasteiger partial charge in [-0.05, 0) is 43.9 Å². The van der Waals surface area contributed by atoms with Crippen LogP contribution in [0.5, 0.6) is 0 Å². The first-order chi connectivity index (χ1) is 10.4. The van der Waals surface area contributed by atoms with E-state index in [4.69, 9.17) is 21.6 Å². The smallest absolute Gasteiger partial charge is 0.422 e. The second-order valence-corrected chi connectivity index (χ2v) is 5.87. The van der Waals surface area contributed by atoms with Gasteiger partial charge in [0, 0.05) is 0 Å². The van der Waals surface area contributed by atoms with Crippen LogP contribution in [0, 0.1) is 18.3 Å². The fourth-order valence-corrected chi connectivity index (χ4v) is 3.26. The van der Waals surface area contributed by atoms with Crippen LogP contribution in [-0.2, 0) is 9.53 Å². The number of hydrogen-bond donors (Lipinski definition) is 1. The Morgan fingerprint density at radius 2 is 2.23 bits per heavy atom. The fourth-order valence-electron chi connectivity index (χ4n) is 3.05. The van der Waals surface area contributed by atoms with Crippen molar-refractivity contribution in [2.45, 2.75) is 37.9 Å². The highest BCUT2D eigenvalue weighted by atomic mass is 35.5. The lowest BCUT2D eigenvalue weighted by Crippen LogP contribution is -2.47. The lowest BCUT2D eigenvalue weighted by Gasteiger charge is -2.23. The average molecular weight is 321 g/mol. The van der Waals surface area contributed by atoms with Crippen molar-refractivity contribution in [2.75, 3.05) is 4.90 Å². The Bertz CT molecular complexity index is 727. The van der Waals surface area contributed by atoms with Gasteiger partial charge < -0.3 is 9.84 Å². The van der Waals surface area contributed by atoms with E-state index in [1.807, 2.05) is 6.07 Å². The normalized spacial score (nSPS) is 27.4. The molecule has 1 aliphatic heterocycles. The maximum Gasteiger partial charge on any atom is 0.422 e. The standard InChI is InChI=1S/C15H13ClN2O4/c1-8-10(5-4-9(7-17)12(8)16)18-13(20)15(22-14(18)21)6-2-3-11(15)19/h4-5,11,19H,2-3,6H2,1H3/t11-,15+/m0/s1. The number of nitrogens with zero attached hydrogens (tertiary/aromatic N) is 2. The van der Waals surface area contributed by atoms with Gasteiger partial charge in [0.15, 0.2) is 0 Å². The third-order valence-electron chi connectivity index (χ3n) is 4.30. The Hall–Kier alpha value is -2.10. The number of benzene rings is 1. The van der Waals surface area contributed by atoms with Crippen LogP contribution in [-0.4, -0.2) is 28.8 Å². The third kappa shape index (κ3) is 1.83. The molecule has 1 saturated carbocycles. The highest BCUT2D eigenvalue weighted by Crippen LogP contribution is 2.43. The number of ether oxygens (including phenoxy) is 1. The molecule has 0 radical (unpaired) electrons. The summed E-state index contributed by atoms with van der Waals surface area (Å²) in [6.07, 6.45) is -0.489. The maximum atomic E-state index is 12.7. The zero-order chi connectivity index (χ0) is 16.1. The molecule has 1 heterocycles. The van der Waals surface area contributed by atoms with Crippen molar-refractivity contribution in [3.05, 3.63) is 28.3 Å². The largest absolute Gasteiger partial charge is 0.429 e. The zero-order valence-corrected chi connectivity index (χ0v) is 12.6. The van der Waals surface area contributed by atoms with Gasteiger partial charge in [-0.2, -0.15) is 5.26 Å². The van der Waals surface area contributed by atoms with Crippen molar-refractivity contribution in [3.63, 3.8) is 0 Å². The number of aliphatic hydroxyl groups excluding tert-OH is 1. The van der Waals surface area contributed by atoms with Gasteiger partial charge in [-0.15, -0.1) is 0 Å². The number of rotatable bonds is 1. The number of imide groups is 1. The number of halogens is 1. The molecule has 2 fully saturated rings. The summed E-state index contributed by atoms with van der Waals surface area (Å²) < 4.78 is 5.23. The molecular formula is C15H13ClN2O4. The maximum absolute atomic E-state index is 12.7. The van der Waals surface area contributed by atoms with E-state index in [1.165, 1.54) is 12.1 Å². The molecule has 0 unspecified atom stereocenters. The monoisotopic (exact) mass is 320 g/mol. The van der Waals surface area contributed by atoms with Crippen LogP contribution in [0.1, 0.15) is 30.4 Å². The second-order valence-electron chi connectivity index (χ2n) is 5.49. The predicted octanol–water partition coefficient (Wildman–Crippen LogP) is 2.29. The van der Waals surface area contributed by atoms with Crippen LogP contribution < -0.4 is 4.90 Å². The Kier molecular flexibility index (Phi) is 3.35. The minimum absolute atomic E-state index is 0.188. The van der Waals surface area contributed by atoms with Crippen LogP contribution in [0.4, 0.5) is 10.5 Å². The van der Waals surface area contributed by atoms with Gasteiger partial charge in [0.1, 0.15) is 12.2 Å². The Labute approximate surface area is 131 Å². The fraction of sp³-hybridized carbons (Fsp3) is 0.400. The molecule has 1 N–H and O–H groups in total. The summed E-state index contributed by atoms with van der Waals surface area (Å²) in [7, 11) is 0. The lowest BCUT2D eigenvalue weighted by atomic mass is 9.98. The van der Waals surface area contributed by atoms with E-state index in [9.17, 15) is 14.7 Å². The van der Waals surface area contributed by atoms with E-state index in [-0.39, 0.29) is 16.3 Å². The topological polar surface area (TPSA) is 90.6 Å². The summed E-state index contributed by atoms with van der Waals surface area (Å²) in [6.45, 7) is 1.62. The first-order valence-electron chi connectivity index (χ1n) is 6.87. The molecule has 2 aliphatic rings.